The Labute approximate surface area is 344 Å². The highest BCUT2D eigenvalue weighted by molar-refractivity contribution is 6.19. The maximum absolute atomic E-state index is 5.39. The molecule has 3 heterocycles. The number of nitrogens with zero attached hydrogens (tertiary/aromatic N) is 4. The number of rotatable bonds is 4. The summed E-state index contributed by atoms with van der Waals surface area (Å²) < 4.78 is 4.93. The molecule has 13 aromatic rings. The number of benzene rings is 10. The molecule has 4 heteroatoms. The summed E-state index contributed by atoms with van der Waals surface area (Å²) in [5.41, 5.74) is 10.9. The van der Waals surface area contributed by atoms with E-state index in [2.05, 4.69) is 215 Å². The Balaban J connectivity index is 1.09. The average Bonchev–Trinajstić information content (AvgIpc) is 3.82. The molecule has 10 aromatic carbocycles. The number of hydrogen-bond donors (Lipinski definition) is 0. The SMILES string of the molecule is c1ccc2cc(-c3nc(-c4ccc(-n5c6cc7ccccc7cc6c6c(-n7c8ccccc8c8ccccc87)cccc65)c5ccccc45)nc4ccccc34)ccc2c1. The van der Waals surface area contributed by atoms with Crippen LogP contribution in [0.1, 0.15) is 0 Å². The first-order valence-corrected chi connectivity index (χ1v) is 20.5. The fourth-order valence-corrected chi connectivity index (χ4v) is 9.79. The molecular weight excluding hydrogens is 729 g/mol. The third-order valence-corrected chi connectivity index (χ3v) is 12.5. The zero-order valence-electron chi connectivity index (χ0n) is 32.4. The second-order valence-corrected chi connectivity index (χ2v) is 15.7. The molecule has 0 saturated heterocycles. The van der Waals surface area contributed by atoms with E-state index in [4.69, 9.17) is 9.97 Å². The van der Waals surface area contributed by atoms with Gasteiger partial charge in [0.1, 0.15) is 0 Å². The van der Waals surface area contributed by atoms with Crippen LogP contribution in [0.15, 0.2) is 206 Å². The maximum atomic E-state index is 5.39. The summed E-state index contributed by atoms with van der Waals surface area (Å²) in [6.45, 7) is 0. The number of hydrogen-bond acceptors (Lipinski definition) is 2. The quantitative estimate of drug-likeness (QED) is 0.179. The van der Waals surface area contributed by atoms with Crippen LogP contribution in [0.4, 0.5) is 0 Å². The van der Waals surface area contributed by atoms with E-state index < -0.39 is 0 Å². The van der Waals surface area contributed by atoms with Gasteiger partial charge in [-0.25, -0.2) is 9.97 Å². The summed E-state index contributed by atoms with van der Waals surface area (Å²) in [4.78, 5) is 10.6. The van der Waals surface area contributed by atoms with Gasteiger partial charge in [-0.2, -0.15) is 0 Å². The van der Waals surface area contributed by atoms with E-state index in [1.165, 1.54) is 54.1 Å². The molecule has 0 aliphatic heterocycles. The smallest absolute Gasteiger partial charge is 0.161 e. The summed E-state index contributed by atoms with van der Waals surface area (Å²) in [6, 6.07) is 74.5. The molecule has 0 saturated carbocycles. The highest BCUT2D eigenvalue weighted by Crippen LogP contribution is 2.43. The Morgan fingerprint density at radius 1 is 0.317 bits per heavy atom. The first-order valence-electron chi connectivity index (χ1n) is 20.5. The zero-order valence-corrected chi connectivity index (χ0v) is 32.4. The van der Waals surface area contributed by atoms with Crippen LogP contribution >= 0.6 is 0 Å². The topological polar surface area (TPSA) is 35.6 Å². The van der Waals surface area contributed by atoms with Gasteiger partial charge < -0.3 is 9.13 Å². The molecule has 278 valence electrons. The molecule has 13 rings (SSSR count). The van der Waals surface area contributed by atoms with Crippen molar-refractivity contribution >= 4 is 86.8 Å². The van der Waals surface area contributed by atoms with Gasteiger partial charge in [0.15, 0.2) is 5.82 Å². The third-order valence-electron chi connectivity index (χ3n) is 12.5. The monoisotopic (exact) mass is 762 g/mol. The van der Waals surface area contributed by atoms with Gasteiger partial charge >= 0.3 is 0 Å². The molecule has 0 N–H and O–H groups in total. The highest BCUT2D eigenvalue weighted by Gasteiger charge is 2.22. The molecule has 0 bridgehead atoms. The normalized spacial score (nSPS) is 12.0. The van der Waals surface area contributed by atoms with Crippen molar-refractivity contribution in [1.82, 2.24) is 19.1 Å². The lowest BCUT2D eigenvalue weighted by molar-refractivity contribution is 1.18. The van der Waals surface area contributed by atoms with Crippen LogP contribution in [-0.4, -0.2) is 19.1 Å². The largest absolute Gasteiger partial charge is 0.309 e. The molecule has 4 nitrogen and oxygen atoms in total. The second-order valence-electron chi connectivity index (χ2n) is 15.7. The molecule has 0 fully saturated rings. The molecule has 3 aromatic heterocycles. The van der Waals surface area contributed by atoms with Crippen molar-refractivity contribution in [2.24, 2.45) is 0 Å². The van der Waals surface area contributed by atoms with Crippen molar-refractivity contribution in [2.45, 2.75) is 0 Å². The van der Waals surface area contributed by atoms with Gasteiger partial charge in [0.25, 0.3) is 0 Å². The minimum atomic E-state index is 0.710. The lowest BCUT2D eigenvalue weighted by atomic mass is 9.99. The molecule has 0 aliphatic carbocycles. The van der Waals surface area contributed by atoms with Gasteiger partial charge in [0, 0.05) is 43.4 Å². The van der Waals surface area contributed by atoms with Gasteiger partial charge in [-0.15, -0.1) is 0 Å². The first-order chi connectivity index (χ1) is 29.8. The lowest BCUT2D eigenvalue weighted by Crippen LogP contribution is -1.99. The van der Waals surface area contributed by atoms with Crippen molar-refractivity contribution in [3.63, 3.8) is 0 Å². The Morgan fingerprint density at radius 2 is 0.900 bits per heavy atom. The van der Waals surface area contributed by atoms with Crippen LogP contribution in [-0.2, 0) is 0 Å². The van der Waals surface area contributed by atoms with Crippen LogP contribution in [0.25, 0.3) is 121 Å². The molecule has 0 radical (unpaired) electrons. The van der Waals surface area contributed by atoms with E-state index >= 15 is 0 Å². The Morgan fingerprint density at radius 3 is 1.67 bits per heavy atom. The summed E-state index contributed by atoms with van der Waals surface area (Å²) >= 11 is 0. The van der Waals surface area contributed by atoms with Crippen molar-refractivity contribution < 1.29 is 0 Å². The van der Waals surface area contributed by atoms with E-state index in [1.807, 2.05) is 0 Å². The average molecular weight is 763 g/mol. The Kier molecular flexibility index (Phi) is 6.98. The molecule has 0 unspecified atom stereocenters. The predicted molar refractivity (Wildman–Crippen MR) is 252 cm³/mol. The van der Waals surface area contributed by atoms with E-state index in [0.717, 1.165) is 60.9 Å². The first kappa shape index (κ1) is 32.9. The Hall–Kier alpha value is -8.08. The van der Waals surface area contributed by atoms with Crippen molar-refractivity contribution in [2.75, 3.05) is 0 Å². The van der Waals surface area contributed by atoms with Gasteiger partial charge in [-0.05, 0) is 87.6 Å². The van der Waals surface area contributed by atoms with E-state index in [0.29, 0.717) is 5.82 Å². The van der Waals surface area contributed by atoms with Crippen LogP contribution < -0.4 is 0 Å². The second kappa shape index (κ2) is 12.7. The maximum Gasteiger partial charge on any atom is 0.161 e. The number of fused-ring (bicyclic) bond motifs is 10. The molecule has 0 amide bonds. The zero-order chi connectivity index (χ0) is 39.3. The summed E-state index contributed by atoms with van der Waals surface area (Å²) in [5.74, 6) is 0.710. The lowest BCUT2D eigenvalue weighted by Gasteiger charge is -2.16. The molecular formula is C56H34N4. The van der Waals surface area contributed by atoms with E-state index in [-0.39, 0.29) is 0 Å². The minimum Gasteiger partial charge on any atom is -0.309 e. The number of para-hydroxylation sites is 3. The third kappa shape index (κ3) is 4.79. The molecule has 0 aliphatic rings. The van der Waals surface area contributed by atoms with E-state index in [9.17, 15) is 0 Å². The van der Waals surface area contributed by atoms with Crippen molar-refractivity contribution in [1.29, 1.82) is 0 Å². The summed E-state index contributed by atoms with van der Waals surface area (Å²) in [5, 5.41) is 13.0. The van der Waals surface area contributed by atoms with E-state index in [1.54, 1.807) is 0 Å². The molecule has 0 atom stereocenters. The van der Waals surface area contributed by atoms with Crippen molar-refractivity contribution in [3.05, 3.63) is 206 Å². The van der Waals surface area contributed by atoms with Gasteiger partial charge in [0.2, 0.25) is 0 Å². The van der Waals surface area contributed by atoms with Gasteiger partial charge in [-0.3, -0.25) is 0 Å². The fourth-order valence-electron chi connectivity index (χ4n) is 9.79. The highest BCUT2D eigenvalue weighted by atomic mass is 15.0. The van der Waals surface area contributed by atoms with Gasteiger partial charge in [-0.1, -0.05) is 146 Å². The predicted octanol–water partition coefficient (Wildman–Crippen LogP) is 14.6. The number of aromatic nitrogens is 4. The van der Waals surface area contributed by atoms with Crippen LogP contribution in [0.5, 0.6) is 0 Å². The Bertz CT molecular complexity index is 3850. The van der Waals surface area contributed by atoms with Crippen molar-refractivity contribution in [3.8, 4) is 34.0 Å². The summed E-state index contributed by atoms with van der Waals surface area (Å²) in [7, 11) is 0. The molecule has 60 heavy (non-hydrogen) atoms. The fraction of sp³-hybridized carbons (Fsp3) is 0. The van der Waals surface area contributed by atoms with Crippen LogP contribution in [0, 0.1) is 0 Å². The van der Waals surface area contributed by atoms with Crippen LogP contribution in [0.2, 0.25) is 0 Å². The minimum absolute atomic E-state index is 0.710. The summed E-state index contributed by atoms with van der Waals surface area (Å²) in [6.07, 6.45) is 0. The van der Waals surface area contributed by atoms with Crippen LogP contribution in [0.3, 0.4) is 0 Å². The van der Waals surface area contributed by atoms with Gasteiger partial charge in [0.05, 0.1) is 44.7 Å². The standard InChI is InChI=1S/C56H34N4/c1-2-15-36-32-39(29-28-35(36)14-1)55-45-22-7-10-23-47(45)57-56(58-55)44-30-31-50(41-19-6-5-18-40(41)44)60-52-27-13-26-51(54(52)46-33-37-16-3-4-17-38(37)34-53(46)60)59-48-24-11-8-20-42(48)43-21-9-12-25-49(43)59/h1-34H. The molecule has 0 spiro atoms.